The fourth-order valence-corrected chi connectivity index (χ4v) is 3.09. The quantitative estimate of drug-likeness (QED) is 0.672. The lowest BCUT2D eigenvalue weighted by Crippen LogP contribution is -2.05. The van der Waals surface area contributed by atoms with Gasteiger partial charge in [0.05, 0.1) is 5.69 Å². The third kappa shape index (κ3) is 3.93. The molecule has 0 bridgehead atoms. The number of rotatable bonds is 4. The Hall–Kier alpha value is -1.60. The van der Waals surface area contributed by atoms with Gasteiger partial charge < -0.3 is 11.1 Å². The number of aromatic nitrogens is 1. The van der Waals surface area contributed by atoms with Crippen LogP contribution >= 0.6 is 23.1 Å². The average Bonchev–Trinajstić information content (AvgIpc) is 2.74. The molecule has 0 aliphatic carbocycles. The molecule has 19 heavy (non-hydrogen) atoms. The maximum Gasteiger partial charge on any atom is 0.223 e. The molecule has 2 aromatic rings. The summed E-state index contributed by atoms with van der Waals surface area (Å²) in [4.78, 5) is 16.0. The number of nitrogen functional groups attached to an aromatic ring is 1. The lowest BCUT2D eigenvalue weighted by molar-refractivity contribution is -0.114. The molecule has 1 aromatic heterocycles. The Labute approximate surface area is 118 Å². The van der Waals surface area contributed by atoms with Crippen LogP contribution in [-0.2, 0) is 10.5 Å². The Morgan fingerprint density at radius 2 is 2.37 bits per heavy atom. The van der Waals surface area contributed by atoms with E-state index in [-0.39, 0.29) is 11.7 Å². The topological polar surface area (TPSA) is 68.0 Å². The number of anilines is 2. The highest BCUT2D eigenvalue weighted by molar-refractivity contribution is 7.98. The van der Waals surface area contributed by atoms with E-state index in [0.29, 0.717) is 16.6 Å². The van der Waals surface area contributed by atoms with E-state index in [1.54, 1.807) is 6.07 Å². The molecule has 0 radical (unpaired) electrons. The number of carbonyl (C=O) groups is 1. The summed E-state index contributed by atoms with van der Waals surface area (Å²) in [6.07, 6.45) is 0. The van der Waals surface area contributed by atoms with Crippen LogP contribution < -0.4 is 11.1 Å². The molecule has 0 unspecified atom stereocenters. The maximum absolute atomic E-state index is 12.9. The smallest absolute Gasteiger partial charge is 0.223 e. The third-order valence-electron chi connectivity index (χ3n) is 2.18. The van der Waals surface area contributed by atoms with Crippen molar-refractivity contribution in [3.8, 4) is 0 Å². The Bertz CT molecular complexity index is 600. The van der Waals surface area contributed by atoms with Crippen molar-refractivity contribution in [2.24, 2.45) is 0 Å². The Kier molecular flexibility index (Phi) is 4.39. The first-order valence-corrected chi connectivity index (χ1v) is 7.31. The van der Waals surface area contributed by atoms with E-state index in [9.17, 15) is 9.18 Å². The largest absolute Gasteiger partial charge is 0.398 e. The summed E-state index contributed by atoms with van der Waals surface area (Å²) >= 11 is 2.85. The Morgan fingerprint density at radius 3 is 3.05 bits per heavy atom. The van der Waals surface area contributed by atoms with Crippen molar-refractivity contribution in [1.82, 2.24) is 4.98 Å². The van der Waals surface area contributed by atoms with Gasteiger partial charge in [0.2, 0.25) is 5.91 Å². The summed E-state index contributed by atoms with van der Waals surface area (Å²) < 4.78 is 12.9. The van der Waals surface area contributed by atoms with Crippen molar-refractivity contribution < 1.29 is 9.18 Å². The van der Waals surface area contributed by atoms with Gasteiger partial charge in [-0.3, -0.25) is 4.79 Å². The first kappa shape index (κ1) is 13.8. The standard InChI is InChI=1S/C12H12FN3OS2/c1-7(17)15-12-16-9(6-19-12)5-18-11-3-2-8(13)4-10(11)14/h2-4,6H,5,14H2,1H3,(H,15,16,17). The van der Waals surface area contributed by atoms with Crippen LogP contribution in [0.2, 0.25) is 0 Å². The number of hydrogen-bond donors (Lipinski definition) is 2. The van der Waals surface area contributed by atoms with E-state index in [1.807, 2.05) is 5.38 Å². The molecule has 0 saturated heterocycles. The minimum absolute atomic E-state index is 0.142. The summed E-state index contributed by atoms with van der Waals surface area (Å²) in [5, 5.41) is 5.08. The van der Waals surface area contributed by atoms with Gasteiger partial charge in [0.15, 0.2) is 5.13 Å². The molecule has 0 aliphatic rings. The molecule has 1 heterocycles. The van der Waals surface area contributed by atoms with Crippen molar-refractivity contribution in [3.05, 3.63) is 35.1 Å². The number of carbonyl (C=O) groups excluding carboxylic acids is 1. The number of nitrogens with zero attached hydrogens (tertiary/aromatic N) is 1. The number of amides is 1. The molecule has 0 aliphatic heterocycles. The lowest BCUT2D eigenvalue weighted by atomic mass is 10.3. The highest BCUT2D eigenvalue weighted by atomic mass is 32.2. The number of nitrogens with two attached hydrogens (primary N) is 1. The second-order valence-electron chi connectivity index (χ2n) is 3.80. The molecule has 0 fully saturated rings. The zero-order valence-corrected chi connectivity index (χ0v) is 11.8. The van der Waals surface area contributed by atoms with E-state index in [1.165, 1.54) is 42.2 Å². The minimum Gasteiger partial charge on any atom is -0.398 e. The van der Waals surface area contributed by atoms with Gasteiger partial charge in [-0.15, -0.1) is 23.1 Å². The van der Waals surface area contributed by atoms with Crippen LogP contribution in [0.3, 0.4) is 0 Å². The first-order valence-electron chi connectivity index (χ1n) is 5.44. The van der Waals surface area contributed by atoms with Gasteiger partial charge in [-0.2, -0.15) is 0 Å². The number of hydrogen-bond acceptors (Lipinski definition) is 5. The monoisotopic (exact) mass is 297 g/mol. The van der Waals surface area contributed by atoms with Crippen LogP contribution in [0, 0.1) is 5.82 Å². The molecule has 100 valence electrons. The molecule has 0 saturated carbocycles. The fraction of sp³-hybridized carbons (Fsp3) is 0.167. The average molecular weight is 297 g/mol. The van der Waals surface area contributed by atoms with Crippen molar-refractivity contribution in [2.45, 2.75) is 17.6 Å². The van der Waals surface area contributed by atoms with E-state index in [2.05, 4.69) is 10.3 Å². The van der Waals surface area contributed by atoms with Crippen LogP contribution in [0.15, 0.2) is 28.5 Å². The molecule has 1 amide bonds. The summed E-state index contributed by atoms with van der Waals surface area (Å²) in [5.74, 6) is 0.131. The SMILES string of the molecule is CC(=O)Nc1nc(CSc2ccc(F)cc2N)cs1. The molecule has 4 nitrogen and oxygen atoms in total. The number of halogens is 1. The van der Waals surface area contributed by atoms with Crippen molar-refractivity contribution >= 4 is 39.8 Å². The lowest BCUT2D eigenvalue weighted by Gasteiger charge is -2.03. The summed E-state index contributed by atoms with van der Waals surface area (Å²) in [7, 11) is 0. The highest BCUT2D eigenvalue weighted by Gasteiger charge is 2.06. The zero-order valence-electron chi connectivity index (χ0n) is 10.1. The van der Waals surface area contributed by atoms with Crippen LogP contribution in [0.25, 0.3) is 0 Å². The van der Waals surface area contributed by atoms with Gasteiger partial charge in [-0.1, -0.05) is 0 Å². The van der Waals surface area contributed by atoms with E-state index >= 15 is 0 Å². The molecule has 0 spiro atoms. The molecule has 1 aromatic carbocycles. The predicted octanol–water partition coefficient (Wildman–Crippen LogP) is 3.12. The number of benzene rings is 1. The third-order valence-corrected chi connectivity index (χ3v) is 4.11. The minimum atomic E-state index is -0.344. The van der Waals surface area contributed by atoms with E-state index < -0.39 is 0 Å². The molecule has 3 N–H and O–H groups in total. The van der Waals surface area contributed by atoms with Gasteiger partial charge in [0.1, 0.15) is 5.82 Å². The first-order chi connectivity index (χ1) is 9.04. The van der Waals surface area contributed by atoms with Crippen LogP contribution in [-0.4, -0.2) is 10.9 Å². The normalized spacial score (nSPS) is 10.4. The molecule has 7 heteroatoms. The summed E-state index contributed by atoms with van der Waals surface area (Å²) in [6.45, 7) is 1.44. The van der Waals surface area contributed by atoms with Gasteiger partial charge in [0, 0.05) is 28.6 Å². The fourth-order valence-electron chi connectivity index (χ4n) is 1.38. The number of thiazole rings is 1. The summed E-state index contributed by atoms with van der Waals surface area (Å²) in [6, 6.07) is 4.32. The van der Waals surface area contributed by atoms with Gasteiger partial charge >= 0.3 is 0 Å². The molecule has 0 atom stereocenters. The highest BCUT2D eigenvalue weighted by Crippen LogP contribution is 2.29. The zero-order chi connectivity index (χ0) is 13.8. The second kappa shape index (κ2) is 6.03. The molecular formula is C12H12FN3OS2. The van der Waals surface area contributed by atoms with Crippen LogP contribution in [0.1, 0.15) is 12.6 Å². The number of nitrogens with one attached hydrogen (secondary N) is 1. The van der Waals surface area contributed by atoms with Crippen LogP contribution in [0.4, 0.5) is 15.2 Å². The van der Waals surface area contributed by atoms with Crippen molar-refractivity contribution in [2.75, 3.05) is 11.1 Å². The molecular weight excluding hydrogens is 285 g/mol. The van der Waals surface area contributed by atoms with Crippen molar-refractivity contribution in [3.63, 3.8) is 0 Å². The van der Waals surface area contributed by atoms with E-state index in [0.717, 1.165) is 10.6 Å². The Morgan fingerprint density at radius 1 is 1.58 bits per heavy atom. The van der Waals surface area contributed by atoms with E-state index in [4.69, 9.17) is 5.73 Å². The van der Waals surface area contributed by atoms with Crippen molar-refractivity contribution in [1.29, 1.82) is 0 Å². The second-order valence-corrected chi connectivity index (χ2v) is 5.67. The van der Waals surface area contributed by atoms with Gasteiger partial charge in [-0.05, 0) is 18.2 Å². The van der Waals surface area contributed by atoms with Crippen LogP contribution in [0.5, 0.6) is 0 Å². The number of thioether (sulfide) groups is 1. The predicted molar refractivity (Wildman–Crippen MR) is 76.8 cm³/mol. The summed E-state index contributed by atoms with van der Waals surface area (Å²) in [5.41, 5.74) is 6.99. The maximum atomic E-state index is 12.9. The Balaban J connectivity index is 1.98. The molecule has 2 rings (SSSR count). The van der Waals surface area contributed by atoms with Gasteiger partial charge in [0.25, 0.3) is 0 Å². The van der Waals surface area contributed by atoms with Gasteiger partial charge in [-0.25, -0.2) is 9.37 Å².